The average Bonchev–Trinajstić information content (AvgIpc) is 2.35. The molecule has 0 aliphatic heterocycles. The van der Waals surface area contributed by atoms with Gasteiger partial charge < -0.3 is 25.6 Å². The van der Waals surface area contributed by atoms with Crippen LogP contribution >= 0.6 is 0 Å². The Balaban J connectivity index is 2.91. The van der Waals surface area contributed by atoms with E-state index in [1.54, 1.807) is 0 Å². The summed E-state index contributed by atoms with van der Waals surface area (Å²) in [5.74, 6) is 0.625. The SMILES string of the molecule is CCNc1nc(NC(CO)CO)nc(OC(C)C)n1. The number of ether oxygens (including phenoxy) is 1. The van der Waals surface area contributed by atoms with Gasteiger partial charge in [-0.2, -0.15) is 15.0 Å². The number of hydrogen-bond acceptors (Lipinski definition) is 8. The molecule has 0 saturated heterocycles. The van der Waals surface area contributed by atoms with Crippen molar-refractivity contribution in [3.8, 4) is 6.01 Å². The lowest BCUT2D eigenvalue weighted by atomic mass is 10.3. The standard InChI is InChI=1S/C11H21N5O3/c1-4-12-9-14-10(13-8(5-17)6-18)16-11(15-9)19-7(2)3/h7-8,17-18H,4-6H2,1-3H3,(H2,12,13,14,15,16). The summed E-state index contributed by atoms with van der Waals surface area (Å²) in [5, 5.41) is 23.8. The van der Waals surface area contributed by atoms with Crippen LogP contribution in [0, 0.1) is 0 Å². The molecule has 1 aromatic rings. The molecule has 0 atom stereocenters. The molecule has 0 radical (unpaired) electrons. The van der Waals surface area contributed by atoms with Crippen molar-refractivity contribution in [1.82, 2.24) is 15.0 Å². The Morgan fingerprint density at radius 3 is 2.26 bits per heavy atom. The van der Waals surface area contributed by atoms with Crippen LogP contribution in [0.3, 0.4) is 0 Å². The summed E-state index contributed by atoms with van der Waals surface area (Å²) in [7, 11) is 0. The molecule has 1 heterocycles. The molecule has 0 unspecified atom stereocenters. The van der Waals surface area contributed by atoms with Crippen LogP contribution in [0.5, 0.6) is 6.01 Å². The Morgan fingerprint density at radius 2 is 1.74 bits per heavy atom. The zero-order valence-electron chi connectivity index (χ0n) is 11.4. The van der Waals surface area contributed by atoms with E-state index in [1.807, 2.05) is 20.8 Å². The second-order valence-electron chi connectivity index (χ2n) is 4.17. The van der Waals surface area contributed by atoms with Crippen LogP contribution in [0.25, 0.3) is 0 Å². The van der Waals surface area contributed by atoms with Crippen molar-refractivity contribution in [1.29, 1.82) is 0 Å². The summed E-state index contributed by atoms with van der Waals surface area (Å²) in [6, 6.07) is -0.332. The maximum Gasteiger partial charge on any atom is 0.323 e. The van der Waals surface area contributed by atoms with Crippen molar-refractivity contribution in [3.05, 3.63) is 0 Å². The summed E-state index contributed by atoms with van der Waals surface area (Å²) in [5.41, 5.74) is 0. The minimum Gasteiger partial charge on any atom is -0.461 e. The monoisotopic (exact) mass is 271 g/mol. The van der Waals surface area contributed by atoms with E-state index in [0.29, 0.717) is 12.5 Å². The number of anilines is 2. The Morgan fingerprint density at radius 1 is 1.11 bits per heavy atom. The van der Waals surface area contributed by atoms with Crippen molar-refractivity contribution < 1.29 is 14.9 Å². The number of nitrogens with zero attached hydrogens (tertiary/aromatic N) is 3. The van der Waals surface area contributed by atoms with Gasteiger partial charge in [0.25, 0.3) is 0 Å². The topological polar surface area (TPSA) is 112 Å². The third-order valence-corrected chi connectivity index (χ3v) is 2.06. The maximum absolute atomic E-state index is 9.03. The molecule has 8 heteroatoms. The Bertz CT molecular complexity index is 385. The summed E-state index contributed by atoms with van der Waals surface area (Å²) in [4.78, 5) is 12.3. The molecule has 1 rings (SSSR count). The highest BCUT2D eigenvalue weighted by atomic mass is 16.5. The largest absolute Gasteiger partial charge is 0.461 e. The fourth-order valence-electron chi connectivity index (χ4n) is 1.25. The number of aromatic nitrogens is 3. The van der Waals surface area contributed by atoms with Gasteiger partial charge >= 0.3 is 6.01 Å². The van der Waals surface area contributed by atoms with Crippen LogP contribution in [-0.2, 0) is 0 Å². The average molecular weight is 271 g/mol. The lowest BCUT2D eigenvalue weighted by molar-refractivity contribution is 0.202. The third kappa shape index (κ3) is 5.23. The molecule has 8 nitrogen and oxygen atoms in total. The molecule has 19 heavy (non-hydrogen) atoms. The summed E-state index contributed by atoms with van der Waals surface area (Å²) in [6.45, 7) is 5.87. The highest BCUT2D eigenvalue weighted by Gasteiger charge is 2.12. The molecule has 0 spiro atoms. The van der Waals surface area contributed by atoms with Gasteiger partial charge in [-0.05, 0) is 20.8 Å². The van der Waals surface area contributed by atoms with Crippen LogP contribution in [0.1, 0.15) is 20.8 Å². The summed E-state index contributed by atoms with van der Waals surface area (Å²) in [6.07, 6.45) is -0.0591. The molecule has 0 saturated carbocycles. The van der Waals surface area contributed by atoms with Gasteiger partial charge in [0, 0.05) is 6.54 Å². The van der Waals surface area contributed by atoms with Crippen LogP contribution < -0.4 is 15.4 Å². The second-order valence-corrected chi connectivity index (χ2v) is 4.17. The van der Waals surface area contributed by atoms with Crippen molar-refractivity contribution >= 4 is 11.9 Å². The summed E-state index contributed by atoms with van der Waals surface area (Å²) < 4.78 is 5.42. The predicted molar refractivity (Wildman–Crippen MR) is 71.3 cm³/mol. The zero-order valence-corrected chi connectivity index (χ0v) is 11.4. The van der Waals surface area contributed by atoms with E-state index in [4.69, 9.17) is 14.9 Å². The van der Waals surface area contributed by atoms with Gasteiger partial charge in [0.15, 0.2) is 0 Å². The molecule has 0 aliphatic carbocycles. The van der Waals surface area contributed by atoms with Gasteiger partial charge in [-0.1, -0.05) is 0 Å². The number of aliphatic hydroxyl groups is 2. The lowest BCUT2D eigenvalue weighted by Gasteiger charge is -2.15. The lowest BCUT2D eigenvalue weighted by Crippen LogP contribution is -2.29. The van der Waals surface area contributed by atoms with Gasteiger partial charge in [-0.25, -0.2) is 0 Å². The number of nitrogens with one attached hydrogen (secondary N) is 2. The van der Waals surface area contributed by atoms with E-state index in [9.17, 15) is 0 Å². The van der Waals surface area contributed by atoms with Crippen LogP contribution in [0.15, 0.2) is 0 Å². The molecule has 0 fully saturated rings. The fraction of sp³-hybridized carbons (Fsp3) is 0.727. The van der Waals surface area contributed by atoms with E-state index in [1.165, 1.54) is 0 Å². The third-order valence-electron chi connectivity index (χ3n) is 2.06. The first-order valence-corrected chi connectivity index (χ1v) is 6.23. The van der Waals surface area contributed by atoms with Crippen LogP contribution in [0.2, 0.25) is 0 Å². The van der Waals surface area contributed by atoms with E-state index in [0.717, 1.165) is 0 Å². The zero-order chi connectivity index (χ0) is 14.3. The van der Waals surface area contributed by atoms with Crippen LogP contribution in [0.4, 0.5) is 11.9 Å². The fourth-order valence-corrected chi connectivity index (χ4v) is 1.25. The first kappa shape index (κ1) is 15.4. The van der Waals surface area contributed by atoms with Gasteiger partial charge in [-0.3, -0.25) is 0 Å². The van der Waals surface area contributed by atoms with E-state index >= 15 is 0 Å². The van der Waals surface area contributed by atoms with E-state index in [2.05, 4.69) is 25.6 Å². The van der Waals surface area contributed by atoms with Gasteiger partial charge in [0.1, 0.15) is 0 Å². The Labute approximate surface area is 112 Å². The first-order valence-electron chi connectivity index (χ1n) is 6.23. The molecule has 108 valence electrons. The van der Waals surface area contributed by atoms with Crippen molar-refractivity contribution in [2.45, 2.75) is 32.9 Å². The number of hydrogen-bond donors (Lipinski definition) is 4. The first-order chi connectivity index (χ1) is 9.08. The molecule has 0 aromatic carbocycles. The summed E-state index contributed by atoms with van der Waals surface area (Å²) >= 11 is 0. The quantitative estimate of drug-likeness (QED) is 0.516. The minimum absolute atomic E-state index is 0.0591. The molecular weight excluding hydrogens is 250 g/mol. The van der Waals surface area contributed by atoms with Crippen LogP contribution in [-0.4, -0.2) is 57.1 Å². The normalized spacial score (nSPS) is 10.9. The Hall–Kier alpha value is -1.67. The highest BCUT2D eigenvalue weighted by Crippen LogP contribution is 2.13. The van der Waals surface area contributed by atoms with Gasteiger partial charge in [0.2, 0.25) is 11.9 Å². The maximum atomic E-state index is 9.03. The van der Waals surface area contributed by atoms with Crippen molar-refractivity contribution in [3.63, 3.8) is 0 Å². The minimum atomic E-state index is -0.524. The highest BCUT2D eigenvalue weighted by molar-refractivity contribution is 5.36. The van der Waals surface area contributed by atoms with Crippen molar-refractivity contribution in [2.24, 2.45) is 0 Å². The van der Waals surface area contributed by atoms with Gasteiger partial charge in [-0.15, -0.1) is 0 Å². The predicted octanol–water partition coefficient (Wildman–Crippen LogP) is -0.144. The smallest absolute Gasteiger partial charge is 0.323 e. The molecule has 0 bridgehead atoms. The molecule has 0 aliphatic rings. The van der Waals surface area contributed by atoms with Crippen molar-refractivity contribution in [2.75, 3.05) is 30.4 Å². The molecule has 1 aromatic heterocycles. The second kappa shape index (κ2) is 7.70. The van der Waals surface area contributed by atoms with Gasteiger partial charge in [0.05, 0.1) is 25.4 Å². The number of aliphatic hydroxyl groups excluding tert-OH is 2. The molecular formula is C11H21N5O3. The molecule has 4 N–H and O–H groups in total. The molecule has 0 amide bonds. The van der Waals surface area contributed by atoms with E-state index in [-0.39, 0.29) is 31.3 Å². The Kier molecular flexibility index (Phi) is 6.23. The van der Waals surface area contributed by atoms with E-state index < -0.39 is 6.04 Å². The number of rotatable bonds is 8.